The summed E-state index contributed by atoms with van der Waals surface area (Å²) >= 11 is 0. The highest BCUT2D eigenvalue weighted by atomic mass is 16.2. The third-order valence-corrected chi connectivity index (χ3v) is 6.41. The molecule has 0 radical (unpaired) electrons. The molecule has 1 aliphatic heterocycles. The highest BCUT2D eigenvalue weighted by molar-refractivity contribution is 5.90. The van der Waals surface area contributed by atoms with Gasteiger partial charge in [0.05, 0.1) is 6.04 Å². The van der Waals surface area contributed by atoms with Crippen LogP contribution in [0, 0.1) is 5.92 Å². The van der Waals surface area contributed by atoms with Crippen LogP contribution in [0.3, 0.4) is 0 Å². The largest absolute Gasteiger partial charge is 0.343 e. The van der Waals surface area contributed by atoms with E-state index in [1.54, 1.807) is 6.92 Å². The maximum atomic E-state index is 13.4. The van der Waals surface area contributed by atoms with Gasteiger partial charge in [0, 0.05) is 25.7 Å². The van der Waals surface area contributed by atoms with E-state index >= 15 is 0 Å². The van der Waals surface area contributed by atoms with Gasteiger partial charge in [0.15, 0.2) is 0 Å². The van der Waals surface area contributed by atoms with Crippen molar-refractivity contribution in [1.82, 2.24) is 15.1 Å². The number of nitrogens with one attached hydrogen (secondary N) is 1. The highest BCUT2D eigenvalue weighted by Crippen LogP contribution is 2.22. The molecule has 1 fully saturated rings. The average molecular weight is 445 g/mol. The minimum absolute atomic E-state index is 0.0187. The number of nitrogens with zero attached hydrogens (tertiary/aromatic N) is 2. The van der Waals surface area contributed by atoms with Gasteiger partial charge in [-0.05, 0) is 50.6 Å². The summed E-state index contributed by atoms with van der Waals surface area (Å²) < 4.78 is 0. The van der Waals surface area contributed by atoms with Crippen molar-refractivity contribution in [3.05, 3.63) is 35.9 Å². The van der Waals surface area contributed by atoms with E-state index in [4.69, 9.17) is 5.73 Å². The molecule has 180 valence electrons. The lowest BCUT2D eigenvalue weighted by Crippen LogP contribution is -2.56. The van der Waals surface area contributed by atoms with Crippen molar-refractivity contribution in [2.75, 3.05) is 26.2 Å². The van der Waals surface area contributed by atoms with Crippen molar-refractivity contribution in [2.24, 2.45) is 11.7 Å². The van der Waals surface area contributed by atoms with Crippen LogP contribution in [0.5, 0.6) is 0 Å². The Balaban J connectivity index is 2.04. The first-order chi connectivity index (χ1) is 15.3. The molecule has 0 bridgehead atoms. The zero-order chi connectivity index (χ0) is 23.5. The zero-order valence-electron chi connectivity index (χ0n) is 20.6. The molecule has 1 aliphatic rings. The second-order valence-electron chi connectivity index (χ2n) is 9.59. The van der Waals surface area contributed by atoms with Gasteiger partial charge in [-0.2, -0.15) is 0 Å². The molecular weight excluding hydrogens is 400 g/mol. The van der Waals surface area contributed by atoms with Gasteiger partial charge in [-0.15, -0.1) is 0 Å². The molecule has 1 aromatic rings. The van der Waals surface area contributed by atoms with E-state index in [2.05, 4.69) is 47.5 Å². The maximum absolute atomic E-state index is 13.4. The first-order valence-electron chi connectivity index (χ1n) is 12.5. The first kappa shape index (κ1) is 26.3. The summed E-state index contributed by atoms with van der Waals surface area (Å²) in [6.45, 7) is 11.6. The van der Waals surface area contributed by atoms with Crippen LogP contribution in [-0.2, 0) is 16.0 Å². The van der Waals surface area contributed by atoms with E-state index in [1.165, 1.54) is 24.8 Å². The smallest absolute Gasteiger partial charge is 0.245 e. The van der Waals surface area contributed by atoms with Gasteiger partial charge in [-0.3, -0.25) is 9.59 Å². The summed E-state index contributed by atoms with van der Waals surface area (Å²) in [5.74, 6) is -0.213. The Morgan fingerprint density at radius 1 is 1.16 bits per heavy atom. The van der Waals surface area contributed by atoms with Crippen LogP contribution >= 0.6 is 0 Å². The minimum atomic E-state index is -0.620. The number of hydrogen-bond donors (Lipinski definition) is 2. The number of hydrogen-bond acceptors (Lipinski definition) is 4. The van der Waals surface area contributed by atoms with E-state index in [-0.39, 0.29) is 23.8 Å². The fourth-order valence-electron chi connectivity index (χ4n) is 4.40. The zero-order valence-corrected chi connectivity index (χ0v) is 20.6. The van der Waals surface area contributed by atoms with Crippen LogP contribution in [0.2, 0.25) is 0 Å². The molecule has 0 unspecified atom stereocenters. The van der Waals surface area contributed by atoms with Crippen LogP contribution in [0.25, 0.3) is 0 Å². The number of benzene rings is 1. The van der Waals surface area contributed by atoms with Crippen molar-refractivity contribution < 1.29 is 9.59 Å². The molecular formula is C26H44N4O2. The third kappa shape index (κ3) is 8.21. The van der Waals surface area contributed by atoms with E-state index in [0.717, 1.165) is 45.4 Å². The standard InChI is InChI=1S/C26H44N4O2/c1-5-6-10-16-29(18-15-22-12-8-7-9-13-22)19-23-14-11-17-30(23)26(32)24(20(2)3)28-25(31)21(4)27/h7-9,12-13,20-21,23-24H,5-6,10-11,14-19,27H2,1-4H3,(H,28,31)/t21-,23-,24-/m0/s1. The summed E-state index contributed by atoms with van der Waals surface area (Å²) in [7, 11) is 0. The molecule has 2 rings (SSSR count). The Labute approximate surface area is 194 Å². The van der Waals surface area contributed by atoms with Crippen LogP contribution in [0.1, 0.15) is 65.4 Å². The number of amides is 2. The molecule has 6 heteroatoms. The van der Waals surface area contributed by atoms with Crippen LogP contribution in [0.15, 0.2) is 30.3 Å². The lowest BCUT2D eigenvalue weighted by atomic mass is 10.0. The van der Waals surface area contributed by atoms with E-state index in [0.29, 0.717) is 0 Å². The van der Waals surface area contributed by atoms with Gasteiger partial charge in [0.25, 0.3) is 0 Å². The quantitative estimate of drug-likeness (QED) is 0.458. The Bertz CT molecular complexity index is 692. The van der Waals surface area contributed by atoms with Crippen LogP contribution in [0.4, 0.5) is 0 Å². The molecule has 6 nitrogen and oxygen atoms in total. The predicted molar refractivity (Wildman–Crippen MR) is 131 cm³/mol. The number of nitrogens with two attached hydrogens (primary N) is 1. The summed E-state index contributed by atoms with van der Waals surface area (Å²) in [6, 6.07) is 9.67. The molecule has 0 aromatic heterocycles. The Kier molecular flexibility index (Phi) is 11.2. The van der Waals surface area contributed by atoms with Crippen molar-refractivity contribution in [1.29, 1.82) is 0 Å². The van der Waals surface area contributed by atoms with Gasteiger partial charge < -0.3 is 20.9 Å². The molecule has 2 amide bonds. The fraction of sp³-hybridized carbons (Fsp3) is 0.692. The number of likely N-dealkylation sites (tertiary alicyclic amines) is 1. The predicted octanol–water partition coefficient (Wildman–Crippen LogP) is 3.20. The lowest BCUT2D eigenvalue weighted by molar-refractivity contribution is -0.138. The maximum Gasteiger partial charge on any atom is 0.245 e. The topological polar surface area (TPSA) is 78.7 Å². The van der Waals surface area contributed by atoms with Gasteiger partial charge in [-0.25, -0.2) is 0 Å². The molecule has 1 heterocycles. The summed E-state index contributed by atoms with van der Waals surface area (Å²) in [5, 5.41) is 2.89. The monoisotopic (exact) mass is 444 g/mol. The highest BCUT2D eigenvalue weighted by Gasteiger charge is 2.36. The second kappa shape index (κ2) is 13.6. The van der Waals surface area contributed by atoms with Gasteiger partial charge in [-0.1, -0.05) is 63.9 Å². The normalized spacial score (nSPS) is 18.2. The van der Waals surface area contributed by atoms with Gasteiger partial charge >= 0.3 is 0 Å². The van der Waals surface area contributed by atoms with Crippen molar-refractivity contribution in [3.63, 3.8) is 0 Å². The van der Waals surface area contributed by atoms with Gasteiger partial charge in [0.1, 0.15) is 6.04 Å². The Morgan fingerprint density at radius 2 is 1.88 bits per heavy atom. The number of carbonyl (C=O) groups excluding carboxylic acids is 2. The Morgan fingerprint density at radius 3 is 2.50 bits per heavy atom. The number of rotatable bonds is 13. The molecule has 0 aliphatic carbocycles. The van der Waals surface area contributed by atoms with Crippen molar-refractivity contribution >= 4 is 11.8 Å². The SMILES string of the molecule is CCCCCN(CCc1ccccc1)C[C@@H]1CCCN1C(=O)[C@@H](NC(=O)[C@H](C)N)C(C)C. The van der Waals surface area contributed by atoms with Gasteiger partial charge in [0.2, 0.25) is 11.8 Å². The number of unbranched alkanes of at least 4 members (excludes halogenated alkanes) is 2. The molecule has 0 saturated carbocycles. The van der Waals surface area contributed by atoms with Crippen molar-refractivity contribution in [3.8, 4) is 0 Å². The van der Waals surface area contributed by atoms with Crippen LogP contribution in [-0.4, -0.2) is 65.9 Å². The molecule has 1 aromatic carbocycles. The van der Waals surface area contributed by atoms with Crippen molar-refractivity contribution in [2.45, 2.75) is 84.3 Å². The number of carbonyl (C=O) groups is 2. The average Bonchev–Trinajstić information content (AvgIpc) is 3.23. The third-order valence-electron chi connectivity index (χ3n) is 6.41. The minimum Gasteiger partial charge on any atom is -0.343 e. The molecule has 1 saturated heterocycles. The van der Waals surface area contributed by atoms with E-state index < -0.39 is 12.1 Å². The molecule has 32 heavy (non-hydrogen) atoms. The van der Waals surface area contributed by atoms with Crippen LogP contribution < -0.4 is 11.1 Å². The summed E-state index contributed by atoms with van der Waals surface area (Å²) in [5.41, 5.74) is 7.08. The molecule has 3 N–H and O–H groups in total. The lowest BCUT2D eigenvalue weighted by Gasteiger charge is -2.34. The second-order valence-corrected chi connectivity index (χ2v) is 9.59. The molecule has 0 spiro atoms. The first-order valence-corrected chi connectivity index (χ1v) is 12.5. The summed E-state index contributed by atoms with van der Waals surface area (Å²) in [6.07, 6.45) is 6.68. The Hall–Kier alpha value is -1.92. The van der Waals surface area contributed by atoms with E-state index in [9.17, 15) is 9.59 Å². The summed E-state index contributed by atoms with van der Waals surface area (Å²) in [4.78, 5) is 30.2. The molecule has 3 atom stereocenters. The fourth-order valence-corrected chi connectivity index (χ4v) is 4.40. The van der Waals surface area contributed by atoms with E-state index in [1.807, 2.05) is 18.7 Å².